The largest absolute Gasteiger partial charge is 0.408 e. The van der Waals surface area contributed by atoms with Crippen LogP contribution in [-0.2, 0) is 0 Å². The second-order valence-electron chi connectivity index (χ2n) is 13.6. The zero-order valence-electron chi connectivity index (χ0n) is 29.9. The molecule has 12 nitrogen and oxygen atoms in total. The van der Waals surface area contributed by atoms with E-state index in [-0.39, 0.29) is 39.9 Å². The summed E-state index contributed by atoms with van der Waals surface area (Å²) in [5.74, 6) is 1.42. The van der Waals surface area contributed by atoms with Gasteiger partial charge in [-0.1, -0.05) is 60.1 Å². The quantitative estimate of drug-likeness (QED) is 0.166. The number of hydrogen-bond donors (Lipinski definition) is 0. The van der Waals surface area contributed by atoms with E-state index in [9.17, 15) is 19.2 Å². The monoisotopic (exact) mass is 776 g/mol. The lowest BCUT2D eigenvalue weighted by molar-refractivity contribution is 0.289. The van der Waals surface area contributed by atoms with E-state index in [0.717, 1.165) is 25.7 Å². The summed E-state index contributed by atoms with van der Waals surface area (Å²) >= 11 is 6.43. The van der Waals surface area contributed by atoms with Crippen molar-refractivity contribution in [2.24, 2.45) is 0 Å². The van der Waals surface area contributed by atoms with Gasteiger partial charge in [0.25, 0.3) is 0 Å². The van der Waals surface area contributed by atoms with Crippen molar-refractivity contribution in [3.05, 3.63) is 174 Å². The topological polar surface area (TPSA) is 172 Å². The van der Waals surface area contributed by atoms with Gasteiger partial charge >= 0.3 is 22.5 Å². The van der Waals surface area contributed by atoms with E-state index >= 15 is 0 Å². The third kappa shape index (κ3) is 7.02. The lowest BCUT2D eigenvalue weighted by Crippen LogP contribution is -2.17. The number of hydrogen-bond acceptors (Lipinski definition) is 12. The van der Waals surface area contributed by atoms with Gasteiger partial charge in [0.1, 0.15) is 0 Å². The first-order valence-corrected chi connectivity index (χ1v) is 18.6. The molecule has 0 saturated heterocycles. The van der Waals surface area contributed by atoms with Gasteiger partial charge in [0, 0.05) is 17.4 Å². The van der Waals surface area contributed by atoms with E-state index in [4.69, 9.17) is 29.3 Å². The highest BCUT2D eigenvalue weighted by Gasteiger charge is 2.29. The van der Waals surface area contributed by atoms with Crippen LogP contribution in [0.1, 0.15) is 49.3 Å². The number of halogens is 1. The molecule has 13 heteroatoms. The molecule has 0 radical (unpaired) electrons. The number of para-hydroxylation sites is 4. The molecule has 0 spiro atoms. The number of nitrogens with zero attached hydrogens (tertiary/aromatic N) is 4. The highest BCUT2D eigenvalue weighted by Crippen LogP contribution is 2.39. The Kier molecular flexibility index (Phi) is 9.31. The standard InChI is InChI=1S/C22H11ClN2O4.C22H18N2O4/c23-16-11-12(19-24-17-7-3-1-5-14(17)21(26)28-19)9-10-13(16)20-25-18-8-4-2-6-15(18)22(27)29-20;25-21-15-5-1-3-7-17(15)23-19(27-21)13-9-11-14(12-10-13)20-24-18-8-4-2-6-16(18)22(26)28-20/h1-11H;1-8,13-14H,9-12H2. The summed E-state index contributed by atoms with van der Waals surface area (Å²) in [7, 11) is 0. The van der Waals surface area contributed by atoms with Crippen molar-refractivity contribution in [3.63, 3.8) is 0 Å². The Labute approximate surface area is 326 Å². The van der Waals surface area contributed by atoms with Gasteiger partial charge in [-0.2, -0.15) is 0 Å². The Balaban J connectivity index is 0.000000148. The minimum Gasteiger partial charge on any atom is -0.408 e. The van der Waals surface area contributed by atoms with Crippen molar-refractivity contribution in [2.45, 2.75) is 37.5 Å². The third-order valence-corrected chi connectivity index (χ3v) is 10.4. The average Bonchev–Trinajstić information content (AvgIpc) is 3.24. The Bertz CT molecular complexity index is 3140. The van der Waals surface area contributed by atoms with Crippen LogP contribution in [0.5, 0.6) is 0 Å². The lowest BCUT2D eigenvalue weighted by atomic mass is 9.81. The van der Waals surface area contributed by atoms with Crippen LogP contribution in [0.4, 0.5) is 0 Å². The van der Waals surface area contributed by atoms with Crippen molar-refractivity contribution in [1.29, 1.82) is 0 Å². The van der Waals surface area contributed by atoms with Gasteiger partial charge in [0.05, 0.1) is 54.2 Å². The van der Waals surface area contributed by atoms with Crippen LogP contribution in [0.3, 0.4) is 0 Å². The smallest absolute Gasteiger partial charge is 0.347 e. The Morgan fingerprint density at radius 1 is 0.439 bits per heavy atom. The lowest BCUT2D eigenvalue weighted by Gasteiger charge is -2.25. The first kappa shape index (κ1) is 35.6. The average molecular weight is 777 g/mol. The first-order chi connectivity index (χ1) is 27.8. The van der Waals surface area contributed by atoms with E-state index in [2.05, 4.69) is 19.9 Å². The summed E-state index contributed by atoms with van der Waals surface area (Å²) in [4.78, 5) is 66.8. The van der Waals surface area contributed by atoms with Crippen molar-refractivity contribution in [2.75, 3.05) is 0 Å². The van der Waals surface area contributed by atoms with Crippen molar-refractivity contribution < 1.29 is 17.7 Å². The second-order valence-corrected chi connectivity index (χ2v) is 14.0. The molecule has 0 amide bonds. The van der Waals surface area contributed by atoms with Crippen LogP contribution < -0.4 is 22.5 Å². The molecule has 57 heavy (non-hydrogen) atoms. The molecule has 0 bridgehead atoms. The molecule has 4 heterocycles. The molecule has 5 aromatic carbocycles. The minimum atomic E-state index is -0.493. The molecule has 1 aliphatic carbocycles. The maximum absolute atomic E-state index is 12.2. The summed E-state index contributed by atoms with van der Waals surface area (Å²) in [6, 6.07) is 33.2. The predicted molar refractivity (Wildman–Crippen MR) is 215 cm³/mol. The fourth-order valence-electron chi connectivity index (χ4n) is 7.10. The summed E-state index contributed by atoms with van der Waals surface area (Å²) < 4.78 is 21.7. The SMILES string of the molecule is O=c1oc(-c2ccc(-c3nc4ccccc4c(=O)o3)c(Cl)c2)nc2ccccc12.O=c1oc(C2CCC(c3nc4ccccc4c(=O)o3)CC2)nc2ccccc12. The summed E-state index contributed by atoms with van der Waals surface area (Å²) in [5, 5.41) is 2.09. The fraction of sp³-hybridized carbons (Fsp3) is 0.136. The van der Waals surface area contributed by atoms with Gasteiger partial charge in [0.15, 0.2) is 0 Å². The van der Waals surface area contributed by atoms with E-state index in [1.807, 2.05) is 24.3 Å². The van der Waals surface area contributed by atoms with Gasteiger partial charge in [-0.3, -0.25) is 0 Å². The molecule has 1 saturated carbocycles. The molecule has 0 aliphatic heterocycles. The zero-order valence-corrected chi connectivity index (χ0v) is 30.6. The van der Waals surface area contributed by atoms with Crippen molar-refractivity contribution in [1.82, 2.24) is 19.9 Å². The van der Waals surface area contributed by atoms with Gasteiger partial charge in [-0.05, 0) is 92.4 Å². The highest BCUT2D eigenvalue weighted by atomic mass is 35.5. The van der Waals surface area contributed by atoms with E-state index < -0.39 is 11.3 Å². The van der Waals surface area contributed by atoms with Gasteiger partial charge < -0.3 is 17.7 Å². The molecular weight excluding hydrogens is 748 g/mol. The summed E-state index contributed by atoms with van der Waals surface area (Å²) in [6.07, 6.45) is 3.21. The Hall–Kier alpha value is -7.05. The minimum absolute atomic E-state index is 0.0840. The van der Waals surface area contributed by atoms with E-state index in [1.165, 1.54) is 0 Å². The maximum Gasteiger partial charge on any atom is 0.347 e. The Morgan fingerprint density at radius 3 is 1.25 bits per heavy atom. The molecule has 1 aliphatic rings. The van der Waals surface area contributed by atoms with E-state index in [0.29, 0.717) is 66.5 Å². The molecule has 0 unspecified atom stereocenters. The van der Waals surface area contributed by atoms with Crippen LogP contribution in [0, 0.1) is 0 Å². The maximum atomic E-state index is 12.2. The summed E-state index contributed by atoms with van der Waals surface area (Å²) in [5.41, 5.74) is 1.68. The van der Waals surface area contributed by atoms with E-state index in [1.54, 1.807) is 91.0 Å². The van der Waals surface area contributed by atoms with Crippen LogP contribution in [-0.4, -0.2) is 19.9 Å². The Morgan fingerprint density at radius 2 is 0.807 bits per heavy atom. The van der Waals surface area contributed by atoms with Crippen molar-refractivity contribution >= 4 is 55.2 Å². The molecule has 0 N–H and O–H groups in total. The molecule has 1 fully saturated rings. The number of fused-ring (bicyclic) bond motifs is 4. The zero-order chi connectivity index (χ0) is 39.0. The van der Waals surface area contributed by atoms with Crippen LogP contribution in [0.2, 0.25) is 5.02 Å². The summed E-state index contributed by atoms with van der Waals surface area (Å²) in [6.45, 7) is 0. The van der Waals surface area contributed by atoms with Crippen LogP contribution >= 0.6 is 11.6 Å². The molecule has 4 aromatic heterocycles. The number of benzene rings is 5. The van der Waals surface area contributed by atoms with Crippen LogP contribution in [0.25, 0.3) is 66.5 Å². The highest BCUT2D eigenvalue weighted by molar-refractivity contribution is 6.33. The van der Waals surface area contributed by atoms with Crippen LogP contribution in [0.15, 0.2) is 152 Å². The second kappa shape index (κ2) is 14.9. The van der Waals surface area contributed by atoms with Gasteiger partial charge in [0.2, 0.25) is 23.6 Å². The predicted octanol–water partition coefficient (Wildman–Crippen LogP) is 8.81. The molecular formula is C44H29ClN4O8. The molecule has 280 valence electrons. The molecule has 0 atom stereocenters. The number of rotatable bonds is 4. The fourth-order valence-corrected chi connectivity index (χ4v) is 7.37. The van der Waals surface area contributed by atoms with Crippen molar-refractivity contribution in [3.8, 4) is 22.9 Å². The van der Waals surface area contributed by atoms with Gasteiger partial charge in [-0.15, -0.1) is 0 Å². The molecule has 10 rings (SSSR count). The number of aromatic nitrogens is 4. The normalized spacial score (nSPS) is 15.5. The third-order valence-electron chi connectivity index (χ3n) is 10.0. The molecule has 9 aromatic rings. The first-order valence-electron chi connectivity index (χ1n) is 18.2. The van der Waals surface area contributed by atoms with Gasteiger partial charge in [-0.25, -0.2) is 39.1 Å².